The fraction of sp³-hybridized carbons (Fsp3) is 0.571. The Morgan fingerprint density at radius 3 is 2.60 bits per heavy atom. The number of rotatable bonds is 2. The molecule has 0 spiro atoms. The third kappa shape index (κ3) is 3.24. The maximum absolute atomic E-state index is 5.88. The molecule has 0 nitrogen and oxygen atoms in total. The van der Waals surface area contributed by atoms with Crippen LogP contribution < -0.4 is 0 Å². The van der Waals surface area contributed by atoms with Gasteiger partial charge in [-0.3, -0.25) is 0 Å². The SMILES string of the molecule is CC1CCCC(Cc2ccc(Cl)cc2)C1. The lowest BCUT2D eigenvalue weighted by molar-refractivity contribution is 0.281. The Labute approximate surface area is 97.6 Å². The smallest absolute Gasteiger partial charge is 0.0406 e. The van der Waals surface area contributed by atoms with Crippen molar-refractivity contribution in [2.24, 2.45) is 11.8 Å². The first-order valence-electron chi connectivity index (χ1n) is 5.98. The lowest BCUT2D eigenvalue weighted by Crippen LogP contribution is -2.15. The third-order valence-electron chi connectivity index (χ3n) is 3.48. The van der Waals surface area contributed by atoms with Crippen molar-refractivity contribution >= 4 is 11.6 Å². The second kappa shape index (κ2) is 5.03. The molecule has 1 saturated carbocycles. The molecule has 0 radical (unpaired) electrons. The Kier molecular flexibility index (Phi) is 3.69. The fourth-order valence-corrected chi connectivity index (χ4v) is 2.82. The summed E-state index contributed by atoms with van der Waals surface area (Å²) < 4.78 is 0. The molecule has 0 amide bonds. The molecule has 0 heterocycles. The summed E-state index contributed by atoms with van der Waals surface area (Å²) in [6.45, 7) is 2.38. The van der Waals surface area contributed by atoms with E-state index in [-0.39, 0.29) is 0 Å². The number of hydrogen-bond donors (Lipinski definition) is 0. The zero-order valence-corrected chi connectivity index (χ0v) is 10.1. The van der Waals surface area contributed by atoms with Crippen LogP contribution in [0.4, 0.5) is 0 Å². The average molecular weight is 223 g/mol. The van der Waals surface area contributed by atoms with Crippen LogP contribution in [0.25, 0.3) is 0 Å². The largest absolute Gasteiger partial charge is 0.0843 e. The van der Waals surface area contributed by atoms with Crippen molar-refractivity contribution in [3.63, 3.8) is 0 Å². The standard InChI is InChI=1S/C14H19Cl/c1-11-3-2-4-13(9-11)10-12-5-7-14(15)8-6-12/h5-8,11,13H,2-4,9-10H2,1H3. The first kappa shape index (κ1) is 11.0. The predicted molar refractivity (Wildman–Crippen MR) is 66.3 cm³/mol. The van der Waals surface area contributed by atoms with Crippen LogP contribution in [0.15, 0.2) is 24.3 Å². The van der Waals surface area contributed by atoms with E-state index in [1.54, 1.807) is 0 Å². The maximum atomic E-state index is 5.88. The Hall–Kier alpha value is -0.490. The Morgan fingerprint density at radius 2 is 1.93 bits per heavy atom. The first-order valence-corrected chi connectivity index (χ1v) is 6.36. The van der Waals surface area contributed by atoms with Crippen LogP contribution in [-0.2, 0) is 6.42 Å². The van der Waals surface area contributed by atoms with Crippen LogP contribution in [-0.4, -0.2) is 0 Å². The molecule has 1 aliphatic carbocycles. The van der Waals surface area contributed by atoms with Gasteiger partial charge in [0.1, 0.15) is 0 Å². The first-order chi connectivity index (χ1) is 7.24. The van der Waals surface area contributed by atoms with Gasteiger partial charge in [0.25, 0.3) is 0 Å². The molecule has 0 bridgehead atoms. The zero-order valence-electron chi connectivity index (χ0n) is 9.38. The van der Waals surface area contributed by atoms with Crippen LogP contribution in [0.5, 0.6) is 0 Å². The van der Waals surface area contributed by atoms with Gasteiger partial charge < -0.3 is 0 Å². The Morgan fingerprint density at radius 1 is 1.20 bits per heavy atom. The van der Waals surface area contributed by atoms with Gasteiger partial charge in [-0.05, 0) is 42.4 Å². The van der Waals surface area contributed by atoms with Crippen molar-refractivity contribution in [1.29, 1.82) is 0 Å². The van der Waals surface area contributed by atoms with Gasteiger partial charge in [0.15, 0.2) is 0 Å². The summed E-state index contributed by atoms with van der Waals surface area (Å²) >= 11 is 5.88. The molecule has 0 aromatic heterocycles. The van der Waals surface area contributed by atoms with Crippen LogP contribution in [0.1, 0.15) is 38.2 Å². The predicted octanol–water partition coefficient (Wildman–Crippen LogP) is 4.71. The Bertz CT molecular complexity index is 302. The monoisotopic (exact) mass is 222 g/mol. The number of benzene rings is 1. The lowest BCUT2D eigenvalue weighted by Gasteiger charge is -2.26. The molecule has 2 atom stereocenters. The van der Waals surface area contributed by atoms with Crippen molar-refractivity contribution in [1.82, 2.24) is 0 Å². The molecule has 2 unspecified atom stereocenters. The normalized spacial score (nSPS) is 26.5. The molecule has 1 aromatic carbocycles. The molecule has 1 fully saturated rings. The molecule has 0 N–H and O–H groups in total. The van der Waals surface area contributed by atoms with E-state index < -0.39 is 0 Å². The fourth-order valence-electron chi connectivity index (χ4n) is 2.70. The molecule has 0 saturated heterocycles. The van der Waals surface area contributed by atoms with Gasteiger partial charge in [0.05, 0.1) is 0 Å². The van der Waals surface area contributed by atoms with Crippen LogP contribution in [0.2, 0.25) is 5.02 Å². The van der Waals surface area contributed by atoms with Crippen LogP contribution in [0.3, 0.4) is 0 Å². The van der Waals surface area contributed by atoms with Crippen LogP contribution >= 0.6 is 11.6 Å². The molecule has 1 heteroatoms. The second-order valence-corrected chi connectivity index (χ2v) is 5.40. The van der Waals surface area contributed by atoms with Gasteiger partial charge in [-0.1, -0.05) is 49.9 Å². The van der Waals surface area contributed by atoms with E-state index in [2.05, 4.69) is 19.1 Å². The van der Waals surface area contributed by atoms with Gasteiger partial charge in [0.2, 0.25) is 0 Å². The van der Waals surface area contributed by atoms with Crippen molar-refractivity contribution < 1.29 is 0 Å². The zero-order chi connectivity index (χ0) is 10.7. The van der Waals surface area contributed by atoms with Crippen molar-refractivity contribution in [2.45, 2.75) is 39.0 Å². The highest BCUT2D eigenvalue weighted by atomic mass is 35.5. The minimum absolute atomic E-state index is 0.843. The van der Waals surface area contributed by atoms with Gasteiger partial charge in [-0.2, -0.15) is 0 Å². The molecular formula is C14H19Cl. The lowest BCUT2D eigenvalue weighted by atomic mass is 9.79. The summed E-state index contributed by atoms with van der Waals surface area (Å²) in [6, 6.07) is 8.34. The van der Waals surface area contributed by atoms with E-state index in [4.69, 9.17) is 11.6 Å². The van der Waals surface area contributed by atoms with Gasteiger partial charge in [0, 0.05) is 5.02 Å². The second-order valence-electron chi connectivity index (χ2n) is 4.97. The minimum atomic E-state index is 0.843. The summed E-state index contributed by atoms with van der Waals surface area (Å²) in [5, 5.41) is 0.843. The van der Waals surface area contributed by atoms with Crippen molar-refractivity contribution in [3.8, 4) is 0 Å². The van der Waals surface area contributed by atoms with Gasteiger partial charge in [-0.25, -0.2) is 0 Å². The summed E-state index contributed by atoms with van der Waals surface area (Å²) in [7, 11) is 0. The molecule has 82 valence electrons. The van der Waals surface area contributed by atoms with Gasteiger partial charge in [-0.15, -0.1) is 0 Å². The van der Waals surface area contributed by atoms with E-state index in [0.717, 1.165) is 16.9 Å². The Balaban J connectivity index is 1.93. The van der Waals surface area contributed by atoms with Crippen molar-refractivity contribution in [3.05, 3.63) is 34.9 Å². The van der Waals surface area contributed by atoms with E-state index in [9.17, 15) is 0 Å². The summed E-state index contributed by atoms with van der Waals surface area (Å²) in [4.78, 5) is 0. The van der Waals surface area contributed by atoms with Gasteiger partial charge >= 0.3 is 0 Å². The molecule has 2 rings (SSSR count). The molecule has 15 heavy (non-hydrogen) atoms. The van der Waals surface area contributed by atoms with E-state index >= 15 is 0 Å². The van der Waals surface area contributed by atoms with E-state index in [1.165, 1.54) is 37.7 Å². The van der Waals surface area contributed by atoms with E-state index in [1.807, 2.05) is 12.1 Å². The number of hydrogen-bond acceptors (Lipinski definition) is 0. The minimum Gasteiger partial charge on any atom is -0.0843 e. The highest BCUT2D eigenvalue weighted by Gasteiger charge is 2.18. The highest BCUT2D eigenvalue weighted by molar-refractivity contribution is 6.30. The van der Waals surface area contributed by atoms with Crippen molar-refractivity contribution in [2.75, 3.05) is 0 Å². The highest BCUT2D eigenvalue weighted by Crippen LogP contribution is 2.31. The third-order valence-corrected chi connectivity index (χ3v) is 3.73. The maximum Gasteiger partial charge on any atom is 0.0406 e. The summed E-state index contributed by atoms with van der Waals surface area (Å²) in [6.07, 6.45) is 6.90. The topological polar surface area (TPSA) is 0 Å². The number of halogens is 1. The molecule has 0 aliphatic heterocycles. The van der Waals surface area contributed by atoms with E-state index in [0.29, 0.717) is 0 Å². The quantitative estimate of drug-likeness (QED) is 0.680. The summed E-state index contributed by atoms with van der Waals surface area (Å²) in [5.41, 5.74) is 1.44. The average Bonchev–Trinajstić information content (AvgIpc) is 2.22. The molecular weight excluding hydrogens is 204 g/mol. The molecule has 1 aliphatic rings. The summed E-state index contributed by atoms with van der Waals surface area (Å²) in [5.74, 6) is 1.82. The molecule has 1 aromatic rings. The van der Waals surface area contributed by atoms with Crippen LogP contribution in [0, 0.1) is 11.8 Å².